The zero-order valence-corrected chi connectivity index (χ0v) is 11.3. The van der Waals surface area contributed by atoms with Gasteiger partial charge in [0.05, 0.1) is 17.6 Å². The fourth-order valence-electron chi connectivity index (χ4n) is 1.90. The molecular formula is C14H12N6O. The molecule has 0 spiro atoms. The van der Waals surface area contributed by atoms with E-state index >= 15 is 0 Å². The smallest absolute Gasteiger partial charge is 0.269 e. The number of aromatic nitrogens is 2. The Morgan fingerprint density at radius 2 is 2.00 bits per heavy atom. The summed E-state index contributed by atoms with van der Waals surface area (Å²) in [5.74, 6) is 0.127. The Morgan fingerprint density at radius 3 is 2.71 bits per heavy atom. The molecule has 1 aromatic heterocycles. The molecule has 0 radical (unpaired) electrons. The average Bonchev–Trinajstić information content (AvgIpc) is 2.82. The van der Waals surface area contributed by atoms with E-state index < -0.39 is 6.04 Å². The summed E-state index contributed by atoms with van der Waals surface area (Å²) in [6, 6.07) is 8.50. The number of nitrogens with zero attached hydrogens (tertiary/aromatic N) is 6. The molecule has 0 N–H and O–H groups in total. The van der Waals surface area contributed by atoms with Gasteiger partial charge in [-0.25, -0.2) is 4.98 Å². The summed E-state index contributed by atoms with van der Waals surface area (Å²) in [6.45, 7) is 1.75. The number of benzene rings is 1. The van der Waals surface area contributed by atoms with Crippen molar-refractivity contribution in [2.24, 2.45) is 15.3 Å². The van der Waals surface area contributed by atoms with Gasteiger partial charge < -0.3 is 0 Å². The van der Waals surface area contributed by atoms with Gasteiger partial charge in [0.2, 0.25) is 0 Å². The molecule has 0 fully saturated rings. The Morgan fingerprint density at radius 1 is 1.19 bits per heavy atom. The molecule has 1 aliphatic heterocycles. The largest absolute Gasteiger partial charge is 0.280 e. The second kappa shape index (κ2) is 5.58. The van der Waals surface area contributed by atoms with Crippen LogP contribution >= 0.6 is 0 Å². The van der Waals surface area contributed by atoms with Crippen molar-refractivity contribution in [2.75, 3.05) is 5.01 Å². The number of rotatable bonds is 3. The highest BCUT2D eigenvalue weighted by Crippen LogP contribution is 2.22. The molecule has 1 unspecified atom stereocenters. The SMILES string of the molecule is CC1=NN(c2ccccc2)C(=O)C1N=Nc1cnccn1. The van der Waals surface area contributed by atoms with Crippen molar-refractivity contribution < 1.29 is 4.79 Å². The number of para-hydroxylation sites is 1. The highest BCUT2D eigenvalue weighted by atomic mass is 16.2. The molecule has 0 saturated heterocycles. The first kappa shape index (κ1) is 13.0. The summed E-state index contributed by atoms with van der Waals surface area (Å²) in [5.41, 5.74) is 1.30. The van der Waals surface area contributed by atoms with Gasteiger partial charge in [-0.2, -0.15) is 15.2 Å². The van der Waals surface area contributed by atoms with Crippen LogP contribution in [0.5, 0.6) is 0 Å². The minimum Gasteiger partial charge on any atom is -0.269 e. The second-order valence-corrected chi connectivity index (χ2v) is 4.41. The second-order valence-electron chi connectivity index (χ2n) is 4.41. The van der Waals surface area contributed by atoms with Gasteiger partial charge in [0.15, 0.2) is 11.9 Å². The summed E-state index contributed by atoms with van der Waals surface area (Å²) in [6.07, 6.45) is 4.54. The molecule has 1 atom stereocenters. The predicted octanol–water partition coefficient (Wildman–Crippen LogP) is 2.35. The number of carbonyl (C=O) groups is 1. The van der Waals surface area contributed by atoms with Crippen LogP contribution in [0.2, 0.25) is 0 Å². The predicted molar refractivity (Wildman–Crippen MR) is 77.4 cm³/mol. The molecule has 1 amide bonds. The van der Waals surface area contributed by atoms with Gasteiger partial charge in [-0.3, -0.25) is 9.78 Å². The third-order valence-electron chi connectivity index (χ3n) is 2.92. The van der Waals surface area contributed by atoms with Crippen LogP contribution in [0, 0.1) is 0 Å². The Labute approximate surface area is 121 Å². The van der Waals surface area contributed by atoms with Gasteiger partial charge in [0.25, 0.3) is 5.91 Å². The molecule has 2 aromatic rings. The first-order chi connectivity index (χ1) is 10.3. The molecule has 2 heterocycles. The van der Waals surface area contributed by atoms with Gasteiger partial charge in [0, 0.05) is 12.4 Å². The molecule has 0 aliphatic carbocycles. The maximum Gasteiger partial charge on any atom is 0.280 e. The van der Waals surface area contributed by atoms with Crippen molar-refractivity contribution in [3.8, 4) is 0 Å². The first-order valence-electron chi connectivity index (χ1n) is 6.36. The summed E-state index contributed by atoms with van der Waals surface area (Å²) in [5, 5.41) is 13.6. The van der Waals surface area contributed by atoms with Crippen LogP contribution in [0.15, 0.2) is 64.3 Å². The summed E-state index contributed by atoms with van der Waals surface area (Å²) >= 11 is 0. The molecule has 3 rings (SSSR count). The van der Waals surface area contributed by atoms with Crippen LogP contribution in [-0.4, -0.2) is 27.6 Å². The lowest BCUT2D eigenvalue weighted by Crippen LogP contribution is -2.29. The topological polar surface area (TPSA) is 83.2 Å². The van der Waals surface area contributed by atoms with Crippen LogP contribution in [0.1, 0.15) is 6.92 Å². The zero-order chi connectivity index (χ0) is 14.7. The van der Waals surface area contributed by atoms with E-state index in [2.05, 4.69) is 25.3 Å². The molecular weight excluding hydrogens is 268 g/mol. The van der Waals surface area contributed by atoms with Gasteiger partial charge >= 0.3 is 0 Å². The Bertz CT molecular complexity index is 698. The lowest BCUT2D eigenvalue weighted by Gasteiger charge is -2.11. The van der Waals surface area contributed by atoms with Gasteiger partial charge in [0.1, 0.15) is 0 Å². The maximum atomic E-state index is 12.4. The number of amides is 1. The molecule has 7 nitrogen and oxygen atoms in total. The van der Waals surface area contributed by atoms with E-state index in [9.17, 15) is 4.79 Å². The van der Waals surface area contributed by atoms with Crippen LogP contribution in [0.4, 0.5) is 11.5 Å². The van der Waals surface area contributed by atoms with Gasteiger partial charge in [-0.1, -0.05) is 18.2 Å². The van der Waals surface area contributed by atoms with Crippen LogP contribution < -0.4 is 5.01 Å². The maximum absolute atomic E-state index is 12.4. The summed E-state index contributed by atoms with van der Waals surface area (Å²) < 4.78 is 0. The normalized spacial score (nSPS) is 18.3. The third-order valence-corrected chi connectivity index (χ3v) is 2.92. The summed E-state index contributed by atoms with van der Waals surface area (Å²) in [7, 11) is 0. The molecule has 21 heavy (non-hydrogen) atoms. The van der Waals surface area contributed by atoms with Crippen molar-refractivity contribution in [3.63, 3.8) is 0 Å². The highest BCUT2D eigenvalue weighted by molar-refractivity contribution is 6.18. The van der Waals surface area contributed by atoms with E-state index in [1.807, 2.05) is 30.3 Å². The van der Waals surface area contributed by atoms with Crippen molar-refractivity contribution in [3.05, 3.63) is 48.9 Å². The third kappa shape index (κ3) is 2.66. The van der Waals surface area contributed by atoms with Crippen molar-refractivity contribution in [1.82, 2.24) is 9.97 Å². The molecule has 0 saturated carbocycles. The number of anilines is 1. The van der Waals surface area contributed by atoms with E-state index in [4.69, 9.17) is 0 Å². The fourth-order valence-corrected chi connectivity index (χ4v) is 1.90. The first-order valence-corrected chi connectivity index (χ1v) is 6.36. The van der Waals surface area contributed by atoms with Crippen LogP contribution in [0.3, 0.4) is 0 Å². The highest BCUT2D eigenvalue weighted by Gasteiger charge is 2.34. The van der Waals surface area contributed by atoms with Crippen LogP contribution in [0.25, 0.3) is 0 Å². The molecule has 104 valence electrons. The van der Waals surface area contributed by atoms with E-state index in [0.29, 0.717) is 17.2 Å². The van der Waals surface area contributed by atoms with Crippen molar-refractivity contribution in [2.45, 2.75) is 13.0 Å². The van der Waals surface area contributed by atoms with Crippen molar-refractivity contribution in [1.29, 1.82) is 0 Å². The zero-order valence-electron chi connectivity index (χ0n) is 11.3. The molecule has 1 aromatic carbocycles. The summed E-state index contributed by atoms with van der Waals surface area (Å²) in [4.78, 5) is 20.2. The van der Waals surface area contributed by atoms with Crippen molar-refractivity contribution >= 4 is 23.1 Å². The van der Waals surface area contributed by atoms with Gasteiger partial charge in [-0.15, -0.1) is 5.11 Å². The Kier molecular flexibility index (Phi) is 3.46. The molecule has 1 aliphatic rings. The fraction of sp³-hybridized carbons (Fsp3) is 0.143. The van der Waals surface area contributed by atoms with E-state index in [0.717, 1.165) is 0 Å². The number of hydrazone groups is 1. The lowest BCUT2D eigenvalue weighted by atomic mass is 10.2. The minimum atomic E-state index is -0.716. The lowest BCUT2D eigenvalue weighted by molar-refractivity contribution is -0.117. The van der Waals surface area contributed by atoms with E-state index in [-0.39, 0.29) is 5.91 Å². The van der Waals surface area contributed by atoms with E-state index in [1.54, 1.807) is 13.1 Å². The quantitative estimate of drug-likeness (QED) is 0.809. The van der Waals surface area contributed by atoms with E-state index in [1.165, 1.54) is 17.4 Å². The average molecular weight is 280 g/mol. The standard InChI is InChI=1S/C14H12N6O/c1-10-13(18-17-12-9-15-7-8-16-12)14(21)20(19-10)11-5-3-2-4-6-11/h2-9,13H,1H3. The number of hydrogen-bond acceptors (Lipinski definition) is 6. The monoisotopic (exact) mass is 280 g/mol. The minimum absolute atomic E-state index is 0.230. The number of carbonyl (C=O) groups excluding carboxylic acids is 1. The number of azo groups is 1. The molecule has 7 heteroatoms. The van der Waals surface area contributed by atoms with Crippen LogP contribution in [-0.2, 0) is 4.79 Å². The molecule has 0 bridgehead atoms. The Balaban J connectivity index is 1.81. The van der Waals surface area contributed by atoms with Gasteiger partial charge in [-0.05, 0) is 19.1 Å². The Hall–Kier alpha value is -2.96. The number of hydrogen-bond donors (Lipinski definition) is 0.